The fraction of sp³-hybridized carbons (Fsp3) is 0.571. The van der Waals surface area contributed by atoms with Crippen molar-refractivity contribution in [3.8, 4) is 11.5 Å². The summed E-state index contributed by atoms with van der Waals surface area (Å²) in [5.41, 5.74) is 2.24. The van der Waals surface area contributed by atoms with Crippen LogP contribution in [0.5, 0.6) is 11.5 Å². The summed E-state index contributed by atoms with van der Waals surface area (Å²) in [5, 5.41) is 22.1. The van der Waals surface area contributed by atoms with Crippen LogP contribution in [0.2, 0.25) is 0 Å². The molecular weight excluding hydrogens is 282 g/mol. The molecule has 2 rings (SSSR count). The maximum absolute atomic E-state index is 9.38. The zero-order chi connectivity index (χ0) is 13.8. The molecule has 0 saturated carbocycles. The van der Waals surface area contributed by atoms with E-state index in [-0.39, 0.29) is 37.6 Å². The predicted molar refractivity (Wildman–Crippen MR) is 78.9 cm³/mol. The quantitative estimate of drug-likeness (QED) is 0.754. The third-order valence-corrected chi connectivity index (χ3v) is 3.68. The number of fused-ring (bicyclic) bond motifs is 1. The average molecular weight is 304 g/mol. The number of hydrogen-bond donors (Lipinski definition) is 3. The molecule has 20 heavy (non-hydrogen) atoms. The van der Waals surface area contributed by atoms with Crippen molar-refractivity contribution in [2.75, 3.05) is 34.0 Å². The van der Waals surface area contributed by atoms with Crippen LogP contribution in [-0.4, -0.2) is 44.2 Å². The average Bonchev–Trinajstić information content (AvgIpc) is 2.47. The van der Waals surface area contributed by atoms with Gasteiger partial charge in [0.05, 0.1) is 14.2 Å². The Kier molecular flexibility index (Phi) is 6.55. The van der Waals surface area contributed by atoms with E-state index in [1.54, 1.807) is 14.2 Å². The minimum absolute atomic E-state index is 0. The fourth-order valence-electron chi connectivity index (χ4n) is 2.60. The van der Waals surface area contributed by atoms with E-state index in [1.165, 1.54) is 5.56 Å². The molecule has 0 fully saturated rings. The predicted octanol–water partition coefficient (Wildman–Crippen LogP) is 0.913. The van der Waals surface area contributed by atoms with Crippen LogP contribution in [0.25, 0.3) is 0 Å². The highest BCUT2D eigenvalue weighted by Crippen LogP contribution is 2.37. The van der Waals surface area contributed by atoms with Crippen molar-refractivity contribution in [1.29, 1.82) is 0 Å². The van der Waals surface area contributed by atoms with E-state index >= 15 is 0 Å². The van der Waals surface area contributed by atoms with Gasteiger partial charge in [0, 0.05) is 25.2 Å². The highest BCUT2D eigenvalue weighted by molar-refractivity contribution is 5.85. The standard InChI is InChI=1S/C14H21NO4.ClH/c1-18-12-5-9-3-4-15-14(10(7-16)8-17)11(9)6-13(12)19-2;/h5-6,10,14-17H,3-4,7-8H2,1-2H3;1H. The van der Waals surface area contributed by atoms with Gasteiger partial charge in [-0.15, -0.1) is 12.4 Å². The van der Waals surface area contributed by atoms with Crippen LogP contribution in [0.4, 0.5) is 0 Å². The number of benzene rings is 1. The topological polar surface area (TPSA) is 71.0 Å². The molecule has 1 heterocycles. The molecule has 0 radical (unpaired) electrons. The van der Waals surface area contributed by atoms with Crippen molar-refractivity contribution in [1.82, 2.24) is 5.32 Å². The normalized spacial score (nSPS) is 17.4. The van der Waals surface area contributed by atoms with E-state index in [9.17, 15) is 10.2 Å². The molecule has 1 aromatic carbocycles. The summed E-state index contributed by atoms with van der Waals surface area (Å²) in [6.07, 6.45) is 0.899. The van der Waals surface area contributed by atoms with Crippen molar-refractivity contribution < 1.29 is 19.7 Å². The summed E-state index contributed by atoms with van der Waals surface area (Å²) >= 11 is 0. The van der Waals surface area contributed by atoms with Gasteiger partial charge in [0.25, 0.3) is 0 Å². The molecule has 114 valence electrons. The van der Waals surface area contributed by atoms with Gasteiger partial charge in [-0.2, -0.15) is 0 Å². The fourth-order valence-corrected chi connectivity index (χ4v) is 2.60. The lowest BCUT2D eigenvalue weighted by atomic mass is 9.86. The van der Waals surface area contributed by atoms with Gasteiger partial charge >= 0.3 is 0 Å². The van der Waals surface area contributed by atoms with Crippen molar-refractivity contribution in [3.05, 3.63) is 23.3 Å². The Bertz CT molecular complexity index is 437. The molecule has 1 atom stereocenters. The first-order valence-corrected chi connectivity index (χ1v) is 6.45. The number of aliphatic hydroxyl groups is 2. The molecule has 5 nitrogen and oxygen atoms in total. The van der Waals surface area contributed by atoms with Gasteiger partial charge in [0.1, 0.15) is 0 Å². The van der Waals surface area contributed by atoms with Crippen molar-refractivity contribution >= 4 is 12.4 Å². The number of hydrogen-bond acceptors (Lipinski definition) is 5. The number of ether oxygens (including phenoxy) is 2. The molecule has 1 aliphatic heterocycles. The summed E-state index contributed by atoms with van der Waals surface area (Å²) in [6, 6.07) is 3.86. The van der Waals surface area contributed by atoms with E-state index in [0.717, 1.165) is 18.5 Å². The number of aliphatic hydroxyl groups excluding tert-OH is 2. The molecule has 0 saturated heterocycles. The third-order valence-electron chi connectivity index (χ3n) is 3.68. The van der Waals surface area contributed by atoms with E-state index < -0.39 is 0 Å². The van der Waals surface area contributed by atoms with Crippen LogP contribution in [0, 0.1) is 5.92 Å². The van der Waals surface area contributed by atoms with Crippen LogP contribution >= 0.6 is 12.4 Å². The Hall–Kier alpha value is -1.01. The zero-order valence-corrected chi connectivity index (χ0v) is 12.6. The summed E-state index contributed by atoms with van der Waals surface area (Å²) < 4.78 is 10.6. The van der Waals surface area contributed by atoms with E-state index in [1.807, 2.05) is 12.1 Å². The molecule has 0 bridgehead atoms. The molecule has 0 aromatic heterocycles. The van der Waals surface area contributed by atoms with Crippen LogP contribution in [0.15, 0.2) is 12.1 Å². The highest BCUT2D eigenvalue weighted by atomic mass is 35.5. The number of methoxy groups -OCH3 is 2. The van der Waals surface area contributed by atoms with Gasteiger partial charge in [0.2, 0.25) is 0 Å². The maximum Gasteiger partial charge on any atom is 0.161 e. The van der Waals surface area contributed by atoms with Gasteiger partial charge in [-0.3, -0.25) is 0 Å². The number of nitrogens with one attached hydrogen (secondary N) is 1. The summed E-state index contributed by atoms with van der Waals surface area (Å²) in [7, 11) is 3.22. The molecule has 1 aromatic rings. The monoisotopic (exact) mass is 303 g/mol. The Labute approximate surface area is 125 Å². The van der Waals surface area contributed by atoms with E-state index in [0.29, 0.717) is 11.5 Å². The van der Waals surface area contributed by atoms with Crippen LogP contribution in [-0.2, 0) is 6.42 Å². The SMILES string of the molecule is COc1cc2c(cc1OC)C(C(CO)CO)NCC2.Cl. The smallest absolute Gasteiger partial charge is 0.161 e. The minimum Gasteiger partial charge on any atom is -0.493 e. The second-order valence-electron chi connectivity index (χ2n) is 4.71. The molecule has 0 aliphatic carbocycles. The zero-order valence-electron chi connectivity index (χ0n) is 11.8. The van der Waals surface area contributed by atoms with Crippen LogP contribution in [0.1, 0.15) is 17.2 Å². The second kappa shape index (κ2) is 7.69. The lowest BCUT2D eigenvalue weighted by molar-refractivity contribution is 0.117. The largest absolute Gasteiger partial charge is 0.493 e. The Balaban J connectivity index is 0.00000200. The molecular formula is C14H22ClNO4. The van der Waals surface area contributed by atoms with Gasteiger partial charge in [0.15, 0.2) is 11.5 Å². The summed E-state index contributed by atoms with van der Waals surface area (Å²) in [6.45, 7) is 0.716. The minimum atomic E-state index is -0.211. The summed E-state index contributed by atoms with van der Waals surface area (Å²) in [5.74, 6) is 1.17. The van der Waals surface area contributed by atoms with Crippen LogP contribution in [0.3, 0.4) is 0 Å². The maximum atomic E-state index is 9.38. The van der Waals surface area contributed by atoms with E-state index in [2.05, 4.69) is 5.32 Å². The second-order valence-corrected chi connectivity index (χ2v) is 4.71. The molecule has 1 aliphatic rings. The first-order valence-electron chi connectivity index (χ1n) is 6.45. The van der Waals surface area contributed by atoms with Crippen LogP contribution < -0.4 is 14.8 Å². The lowest BCUT2D eigenvalue weighted by Crippen LogP contribution is -2.37. The summed E-state index contributed by atoms with van der Waals surface area (Å²) in [4.78, 5) is 0. The molecule has 3 N–H and O–H groups in total. The molecule has 1 unspecified atom stereocenters. The number of rotatable bonds is 5. The molecule has 6 heteroatoms. The Morgan fingerprint density at radius 1 is 1.20 bits per heavy atom. The highest BCUT2D eigenvalue weighted by Gasteiger charge is 2.28. The lowest BCUT2D eigenvalue weighted by Gasteiger charge is -2.32. The Morgan fingerprint density at radius 2 is 1.80 bits per heavy atom. The van der Waals surface area contributed by atoms with Gasteiger partial charge < -0.3 is 25.0 Å². The van der Waals surface area contributed by atoms with Gasteiger partial charge in [-0.1, -0.05) is 0 Å². The first kappa shape index (κ1) is 17.0. The van der Waals surface area contributed by atoms with Crippen molar-refractivity contribution in [3.63, 3.8) is 0 Å². The molecule has 0 amide bonds. The molecule has 0 spiro atoms. The van der Waals surface area contributed by atoms with Crippen molar-refractivity contribution in [2.45, 2.75) is 12.5 Å². The first-order chi connectivity index (χ1) is 9.24. The number of halogens is 1. The van der Waals surface area contributed by atoms with E-state index in [4.69, 9.17) is 9.47 Å². The van der Waals surface area contributed by atoms with Gasteiger partial charge in [-0.25, -0.2) is 0 Å². The van der Waals surface area contributed by atoms with Crippen molar-refractivity contribution in [2.24, 2.45) is 5.92 Å². The third kappa shape index (κ3) is 3.17. The Morgan fingerprint density at radius 3 is 2.35 bits per heavy atom. The van der Waals surface area contributed by atoms with Gasteiger partial charge in [-0.05, 0) is 36.2 Å².